The average Bonchev–Trinajstić information content (AvgIpc) is 1.60. The summed E-state index contributed by atoms with van der Waals surface area (Å²) < 4.78 is 57.9. The van der Waals surface area contributed by atoms with Gasteiger partial charge in [0.15, 0.2) is 22.6 Å². The lowest BCUT2D eigenvalue weighted by Gasteiger charge is -2.35. The molecule has 20 heterocycles. The maximum atomic E-state index is 13.1. The van der Waals surface area contributed by atoms with Crippen LogP contribution in [0.5, 0.6) is 0 Å². The summed E-state index contributed by atoms with van der Waals surface area (Å²) >= 11 is 0. The van der Waals surface area contributed by atoms with Gasteiger partial charge in [-0.1, -0.05) is 0 Å². The Balaban J connectivity index is 0.000000111. The van der Waals surface area contributed by atoms with Crippen LogP contribution in [0.3, 0.4) is 0 Å². The van der Waals surface area contributed by atoms with Crippen molar-refractivity contribution in [2.75, 3.05) is 131 Å². The zero-order valence-corrected chi connectivity index (χ0v) is 78.0. The van der Waals surface area contributed by atoms with Gasteiger partial charge in [-0.3, -0.25) is 19.2 Å². The minimum absolute atomic E-state index is 0.0153. The smallest absolute Gasteiger partial charge is 0.257 e. The number of amides is 4. The van der Waals surface area contributed by atoms with Crippen molar-refractivity contribution in [1.29, 1.82) is 0 Å². The second kappa shape index (κ2) is 38.9. The first-order valence-electron chi connectivity index (χ1n) is 46.8. The van der Waals surface area contributed by atoms with E-state index in [9.17, 15) is 39.6 Å². The van der Waals surface area contributed by atoms with E-state index in [1.165, 1.54) is 0 Å². The Kier molecular flexibility index (Phi) is 25.6. The molecule has 4 saturated heterocycles. The van der Waals surface area contributed by atoms with Gasteiger partial charge >= 0.3 is 0 Å². The molecule has 8 aliphatic rings. The highest BCUT2D eigenvalue weighted by Gasteiger charge is 2.41. The third kappa shape index (κ3) is 16.8. The molecular formula is C96H108N28O16. The van der Waals surface area contributed by atoms with Gasteiger partial charge in [0.25, 0.3) is 23.6 Å². The van der Waals surface area contributed by atoms with Crippen molar-refractivity contribution in [3.63, 3.8) is 0 Å². The molecule has 0 spiro atoms. The highest BCUT2D eigenvalue weighted by molar-refractivity contribution is 6.05. The van der Waals surface area contributed by atoms with E-state index in [-0.39, 0.29) is 96.4 Å². The fourth-order valence-corrected chi connectivity index (χ4v) is 19.8. The molecule has 44 nitrogen and oxygen atoms in total. The average molecular weight is 1910 g/mol. The molecule has 0 aromatic carbocycles. The quantitative estimate of drug-likeness (QED) is 0.0307. The number of aromatic nitrogens is 20. The van der Waals surface area contributed by atoms with Gasteiger partial charge in [0.1, 0.15) is 92.5 Å². The number of fused-ring (bicyclic) bond motifs is 8. The van der Waals surface area contributed by atoms with E-state index in [0.29, 0.717) is 144 Å². The topological polar surface area (TPSA) is 511 Å². The molecule has 140 heavy (non-hydrogen) atoms. The fraction of sp³-hybridized carbons (Fsp3) is 0.417. The molecule has 24 rings (SSSR count). The first kappa shape index (κ1) is 92.2. The van der Waals surface area contributed by atoms with Crippen molar-refractivity contribution in [1.82, 2.24) is 118 Å². The minimum Gasteiger partial charge on any atom is -0.388 e. The van der Waals surface area contributed by atoms with Gasteiger partial charge in [0.05, 0.1) is 173 Å². The maximum Gasteiger partial charge on any atom is 0.257 e. The number of ether oxygens (including phenoxy) is 8. The van der Waals surface area contributed by atoms with Crippen LogP contribution in [-0.4, -0.2) is 323 Å². The molecule has 4 amide bonds. The molecule has 16 aromatic heterocycles. The summed E-state index contributed by atoms with van der Waals surface area (Å²) in [6.45, 7) is 2.80. The number of rotatable bonds is 24. The predicted octanol–water partition coefficient (Wildman–Crippen LogP) is 6.51. The van der Waals surface area contributed by atoms with Gasteiger partial charge in [-0.2, -0.15) is 38.5 Å². The van der Waals surface area contributed by atoms with Gasteiger partial charge in [-0.15, -0.1) is 0 Å². The molecule has 12 N–H and O–H groups in total. The first-order chi connectivity index (χ1) is 68.3. The van der Waals surface area contributed by atoms with Crippen LogP contribution in [0, 0.1) is 0 Å². The number of nitrogens with zero attached hydrogens (tertiary/aromatic N) is 20. The Morgan fingerprint density at radius 3 is 0.721 bits per heavy atom. The Labute approximate surface area is 798 Å². The maximum absolute atomic E-state index is 13.1. The number of nitrogens with one attached hydrogen (secondary N) is 8. The van der Waals surface area contributed by atoms with Gasteiger partial charge in [-0.05, 0) is 99.9 Å². The third-order valence-corrected chi connectivity index (χ3v) is 28.2. The predicted molar refractivity (Wildman–Crippen MR) is 514 cm³/mol. The Hall–Kier alpha value is -14.2. The molecule has 16 aromatic rings. The van der Waals surface area contributed by atoms with Gasteiger partial charge in [0.2, 0.25) is 0 Å². The van der Waals surface area contributed by atoms with E-state index in [1.54, 1.807) is 124 Å². The number of pyridine rings is 4. The lowest BCUT2D eigenvalue weighted by molar-refractivity contribution is 0.00731. The number of aliphatic hydroxyl groups is 4. The Morgan fingerprint density at radius 2 is 0.543 bits per heavy atom. The molecular weight excluding hydrogens is 1800 g/mol. The summed E-state index contributed by atoms with van der Waals surface area (Å²) in [5.41, 5.74) is 12.4. The van der Waals surface area contributed by atoms with Crippen molar-refractivity contribution >= 4 is 114 Å². The standard InChI is InChI=1S/4C24H27N7O4/c4*1-25-21-8-17(15-10-30(18-11-35-12-19(18)32)22-13(15)4-3-7-26-22)28-23-14(9-27-31(21)23)24(33)29-16-5-6-20(16)34-2/h4*3-4,7-10,16,18-20,25,32H,5-6,11-12H2,1-2H3,(H,29,33)/t16?,18-,19-,20-;16-,18+,19+,20-;2*16-,18-,19-,20-/m0010/s1. The summed E-state index contributed by atoms with van der Waals surface area (Å²) in [6.07, 6.45) is 25.8. The number of hydrogen-bond acceptors (Lipinski definition) is 32. The normalized spacial score (nSPS) is 24.1. The molecule has 16 atom stereocenters. The van der Waals surface area contributed by atoms with E-state index >= 15 is 0 Å². The van der Waals surface area contributed by atoms with E-state index in [2.05, 4.69) is 82.9 Å². The van der Waals surface area contributed by atoms with Crippen LogP contribution in [-0.2, 0) is 37.9 Å². The van der Waals surface area contributed by atoms with Crippen LogP contribution < -0.4 is 42.5 Å². The zero-order valence-electron chi connectivity index (χ0n) is 78.0. The number of methoxy groups -OCH3 is 4. The second-order valence-corrected chi connectivity index (χ2v) is 36.0. The second-order valence-electron chi connectivity index (χ2n) is 36.0. The number of carbonyl (C=O) groups is 4. The molecule has 0 bridgehead atoms. The number of aliphatic hydroxyl groups excluding tert-OH is 4. The highest BCUT2D eigenvalue weighted by atomic mass is 16.5. The number of hydrogen-bond donors (Lipinski definition) is 12. The van der Waals surface area contributed by atoms with Crippen molar-refractivity contribution in [2.45, 2.75) is 149 Å². The Bertz CT molecular complexity index is 6500. The zero-order chi connectivity index (χ0) is 96.4. The van der Waals surface area contributed by atoms with Gasteiger partial charge < -0.3 is 119 Å². The number of anilines is 4. The van der Waals surface area contributed by atoms with Crippen LogP contribution in [0.2, 0.25) is 0 Å². The summed E-state index contributed by atoms with van der Waals surface area (Å²) in [6, 6.07) is 22.0. The number of carbonyl (C=O) groups excluding carboxylic acids is 4. The van der Waals surface area contributed by atoms with Gasteiger partial charge in [0, 0.05) is 174 Å². The van der Waals surface area contributed by atoms with Gasteiger partial charge in [-0.25, -0.2) is 39.9 Å². The fourth-order valence-electron chi connectivity index (χ4n) is 19.8. The summed E-state index contributed by atoms with van der Waals surface area (Å²) in [5, 5.41) is 87.8. The molecule has 4 aliphatic heterocycles. The molecule has 728 valence electrons. The molecule has 0 radical (unpaired) electrons. The third-order valence-electron chi connectivity index (χ3n) is 28.2. The first-order valence-corrected chi connectivity index (χ1v) is 46.8. The van der Waals surface area contributed by atoms with E-state index < -0.39 is 24.4 Å². The van der Waals surface area contributed by atoms with Crippen LogP contribution in [0.4, 0.5) is 23.3 Å². The minimum atomic E-state index is -0.615. The summed E-state index contributed by atoms with van der Waals surface area (Å²) in [7, 11) is 13.8. The Morgan fingerprint density at radius 1 is 0.321 bits per heavy atom. The molecule has 8 fully saturated rings. The lowest BCUT2D eigenvalue weighted by Crippen LogP contribution is -2.51. The summed E-state index contributed by atoms with van der Waals surface area (Å²) in [5.74, 6) is 1.85. The van der Waals surface area contributed by atoms with Crippen LogP contribution in [0.15, 0.2) is 147 Å². The van der Waals surface area contributed by atoms with E-state index in [1.807, 2.05) is 116 Å². The van der Waals surface area contributed by atoms with Crippen molar-refractivity contribution < 1.29 is 77.5 Å². The molecule has 44 heteroatoms. The SMILES string of the molecule is CNc1cc(-c2cn([C@@H]3COC[C@H]3O)c3ncccc23)nc2c(C(=O)N[C@@H]3CC[C@H]3OC)cnn12.CNc1cc(-c2cn([C@@H]3COC[C@H]3O)c3ncccc23)nc2c(C(=O)N[C@H]3CC[C@@H]3OC)cnn12.CNc1cc(-c2cn([C@H]3COC[C@@H]3O)c3ncccc23)nc2c(C(=O)NC3CC[C@@H]3OC)cnn12.CNc1cc(-c2cn([C@H]3COC[C@@H]3O)c3ncccc23)nc2c(C(=O)N[C@H]3CC[C@@H]3OC)cnn12. The molecule has 4 saturated carbocycles. The van der Waals surface area contributed by atoms with E-state index in [4.69, 9.17) is 57.8 Å². The van der Waals surface area contributed by atoms with Crippen LogP contribution in [0.25, 0.3) is 112 Å². The molecule has 4 aliphatic carbocycles. The lowest BCUT2D eigenvalue weighted by atomic mass is 9.89. The van der Waals surface area contributed by atoms with E-state index in [0.717, 1.165) is 118 Å². The monoisotopic (exact) mass is 1910 g/mol. The van der Waals surface area contributed by atoms with Crippen molar-refractivity contribution in [3.8, 4) is 45.0 Å². The highest BCUT2D eigenvalue weighted by Crippen LogP contribution is 2.42. The van der Waals surface area contributed by atoms with Crippen molar-refractivity contribution in [2.24, 2.45) is 0 Å². The summed E-state index contributed by atoms with van der Waals surface area (Å²) in [4.78, 5) is 90.2. The van der Waals surface area contributed by atoms with Crippen LogP contribution >= 0.6 is 0 Å². The van der Waals surface area contributed by atoms with Crippen molar-refractivity contribution in [3.05, 3.63) is 169 Å². The largest absolute Gasteiger partial charge is 0.388 e. The van der Waals surface area contributed by atoms with Crippen LogP contribution in [0.1, 0.15) is 117 Å². The molecule has 1 unspecified atom stereocenters.